The minimum Gasteiger partial charge on any atom is -0.382 e. The topological polar surface area (TPSA) is 56.7 Å². The van der Waals surface area contributed by atoms with Crippen LogP contribution in [0.2, 0.25) is 0 Å². The molecule has 0 aliphatic heterocycles. The molecule has 4 nitrogen and oxygen atoms in total. The molecule has 0 radical (unpaired) electrons. The van der Waals surface area contributed by atoms with Gasteiger partial charge in [-0.3, -0.25) is 0 Å². The summed E-state index contributed by atoms with van der Waals surface area (Å²) in [5.74, 6) is 0.136. The highest BCUT2D eigenvalue weighted by Gasteiger charge is 2.13. The third-order valence-corrected chi connectivity index (χ3v) is 3.56. The average molecular weight is 282 g/mol. The Bertz CT molecular complexity index is 791. The first-order valence-electron chi connectivity index (χ1n) is 6.61. The van der Waals surface area contributed by atoms with Crippen LogP contribution in [0.25, 0.3) is 16.9 Å². The van der Waals surface area contributed by atoms with E-state index in [2.05, 4.69) is 17.2 Å². The first kappa shape index (κ1) is 13.3. The second-order valence-electron chi connectivity index (χ2n) is 5.01. The Morgan fingerprint density at radius 2 is 1.71 bits per heavy atom. The molecular formula is C16H15FN4. The van der Waals surface area contributed by atoms with Crippen LogP contribution in [0.4, 0.5) is 10.2 Å². The number of rotatable bonds is 2. The maximum absolute atomic E-state index is 13.0. The molecule has 2 aromatic carbocycles. The van der Waals surface area contributed by atoms with E-state index >= 15 is 0 Å². The summed E-state index contributed by atoms with van der Waals surface area (Å²) in [6, 6.07) is 12.0. The molecule has 0 aliphatic carbocycles. The van der Waals surface area contributed by atoms with Gasteiger partial charge in [-0.25, -0.2) is 4.39 Å². The number of nitrogens with two attached hydrogens (primary N) is 1. The van der Waals surface area contributed by atoms with Gasteiger partial charge in [0.15, 0.2) is 5.82 Å². The first-order valence-corrected chi connectivity index (χ1v) is 6.61. The predicted octanol–water partition coefficient (Wildman–Crippen LogP) is 3.27. The second-order valence-corrected chi connectivity index (χ2v) is 5.01. The van der Waals surface area contributed by atoms with Crippen molar-refractivity contribution in [1.29, 1.82) is 0 Å². The van der Waals surface area contributed by atoms with Crippen LogP contribution in [-0.2, 0) is 0 Å². The van der Waals surface area contributed by atoms with Gasteiger partial charge in [0.25, 0.3) is 0 Å². The summed E-state index contributed by atoms with van der Waals surface area (Å²) in [5.41, 5.74) is 10.7. The van der Waals surface area contributed by atoms with Gasteiger partial charge in [0.2, 0.25) is 0 Å². The Labute approximate surface area is 122 Å². The molecule has 0 saturated carbocycles. The zero-order valence-corrected chi connectivity index (χ0v) is 11.8. The van der Waals surface area contributed by atoms with Crippen molar-refractivity contribution in [1.82, 2.24) is 15.0 Å². The van der Waals surface area contributed by atoms with Gasteiger partial charge in [-0.1, -0.05) is 17.3 Å². The predicted molar refractivity (Wildman–Crippen MR) is 80.6 cm³/mol. The fraction of sp³-hybridized carbons (Fsp3) is 0.125. The number of anilines is 1. The lowest BCUT2D eigenvalue weighted by atomic mass is 10.0. The lowest BCUT2D eigenvalue weighted by molar-refractivity contribution is 0.627. The molecule has 5 heteroatoms. The molecule has 2 N–H and O–H groups in total. The summed E-state index contributed by atoms with van der Waals surface area (Å²) in [6.45, 7) is 4.09. The Balaban J connectivity index is 2.06. The van der Waals surface area contributed by atoms with Crippen LogP contribution in [0.5, 0.6) is 0 Å². The smallest absolute Gasteiger partial charge is 0.155 e. The molecule has 0 aliphatic rings. The van der Waals surface area contributed by atoms with Crippen molar-refractivity contribution in [2.24, 2.45) is 0 Å². The standard InChI is InChI=1S/C16H15FN4/c1-10-3-4-12(9-11(10)2)15-16(18)21(20-19-15)14-7-5-13(17)6-8-14/h3-9H,18H2,1-2H3. The van der Waals surface area contributed by atoms with E-state index in [1.54, 1.807) is 12.1 Å². The number of aromatic nitrogens is 3. The quantitative estimate of drug-likeness (QED) is 0.784. The molecule has 0 unspecified atom stereocenters. The summed E-state index contributed by atoms with van der Waals surface area (Å²) in [6.07, 6.45) is 0. The Morgan fingerprint density at radius 3 is 2.38 bits per heavy atom. The minimum absolute atomic E-state index is 0.299. The molecule has 3 aromatic rings. The Hall–Kier alpha value is -2.69. The molecule has 0 fully saturated rings. The summed E-state index contributed by atoms with van der Waals surface area (Å²) in [7, 11) is 0. The van der Waals surface area contributed by atoms with E-state index in [1.165, 1.54) is 27.9 Å². The fourth-order valence-corrected chi connectivity index (χ4v) is 2.16. The van der Waals surface area contributed by atoms with Gasteiger partial charge in [0.05, 0.1) is 5.69 Å². The number of hydrogen-bond acceptors (Lipinski definition) is 3. The summed E-state index contributed by atoms with van der Waals surface area (Å²) in [5, 5.41) is 8.21. The third-order valence-electron chi connectivity index (χ3n) is 3.56. The van der Waals surface area contributed by atoms with Crippen molar-refractivity contribution in [3.8, 4) is 16.9 Å². The lowest BCUT2D eigenvalue weighted by Crippen LogP contribution is -2.02. The summed E-state index contributed by atoms with van der Waals surface area (Å²) in [4.78, 5) is 0. The number of aryl methyl sites for hydroxylation is 2. The SMILES string of the molecule is Cc1ccc(-c2nnn(-c3ccc(F)cc3)c2N)cc1C. The van der Waals surface area contributed by atoms with Crippen LogP contribution < -0.4 is 5.73 Å². The molecule has 0 saturated heterocycles. The number of benzene rings is 2. The van der Waals surface area contributed by atoms with E-state index in [4.69, 9.17) is 5.73 Å². The average Bonchev–Trinajstić information content (AvgIpc) is 2.85. The van der Waals surface area contributed by atoms with Crippen molar-refractivity contribution < 1.29 is 4.39 Å². The molecule has 21 heavy (non-hydrogen) atoms. The fourth-order valence-electron chi connectivity index (χ4n) is 2.16. The van der Waals surface area contributed by atoms with E-state index in [0.29, 0.717) is 17.2 Å². The molecule has 0 atom stereocenters. The first-order chi connectivity index (χ1) is 10.1. The van der Waals surface area contributed by atoms with Crippen LogP contribution in [0.3, 0.4) is 0 Å². The van der Waals surface area contributed by atoms with Gasteiger partial charge in [-0.15, -0.1) is 5.10 Å². The molecule has 0 spiro atoms. The number of hydrogen-bond donors (Lipinski definition) is 1. The molecule has 106 valence electrons. The van der Waals surface area contributed by atoms with Crippen molar-refractivity contribution in [3.05, 3.63) is 59.4 Å². The zero-order chi connectivity index (χ0) is 15.0. The van der Waals surface area contributed by atoms with E-state index in [0.717, 1.165) is 5.56 Å². The second kappa shape index (κ2) is 5.01. The zero-order valence-electron chi connectivity index (χ0n) is 11.8. The third kappa shape index (κ3) is 2.38. The van der Waals surface area contributed by atoms with Crippen molar-refractivity contribution in [3.63, 3.8) is 0 Å². The van der Waals surface area contributed by atoms with E-state index in [-0.39, 0.29) is 5.82 Å². The summed E-state index contributed by atoms with van der Waals surface area (Å²) < 4.78 is 14.5. The van der Waals surface area contributed by atoms with Gasteiger partial charge >= 0.3 is 0 Å². The molecule has 1 heterocycles. The van der Waals surface area contributed by atoms with Gasteiger partial charge < -0.3 is 5.73 Å². The van der Waals surface area contributed by atoms with Gasteiger partial charge in [-0.2, -0.15) is 4.68 Å². The highest BCUT2D eigenvalue weighted by atomic mass is 19.1. The molecular weight excluding hydrogens is 267 g/mol. The van der Waals surface area contributed by atoms with Gasteiger partial charge in [0, 0.05) is 5.56 Å². The van der Waals surface area contributed by atoms with E-state index in [9.17, 15) is 4.39 Å². The molecule has 3 rings (SSSR count). The van der Waals surface area contributed by atoms with Crippen LogP contribution in [0.15, 0.2) is 42.5 Å². The van der Waals surface area contributed by atoms with Crippen molar-refractivity contribution in [2.75, 3.05) is 5.73 Å². The Kier molecular flexibility index (Phi) is 3.17. The molecule has 0 bridgehead atoms. The van der Waals surface area contributed by atoms with Crippen LogP contribution in [0.1, 0.15) is 11.1 Å². The minimum atomic E-state index is -0.299. The maximum atomic E-state index is 13.0. The normalized spacial score (nSPS) is 10.8. The van der Waals surface area contributed by atoms with Crippen LogP contribution in [0, 0.1) is 19.7 Å². The highest BCUT2D eigenvalue weighted by Crippen LogP contribution is 2.26. The van der Waals surface area contributed by atoms with Gasteiger partial charge in [0.1, 0.15) is 11.5 Å². The number of nitrogens with zero attached hydrogens (tertiary/aromatic N) is 3. The molecule has 1 aromatic heterocycles. The monoisotopic (exact) mass is 282 g/mol. The number of nitrogen functional groups attached to an aromatic ring is 1. The van der Waals surface area contributed by atoms with Crippen LogP contribution >= 0.6 is 0 Å². The maximum Gasteiger partial charge on any atom is 0.155 e. The van der Waals surface area contributed by atoms with Gasteiger partial charge in [-0.05, 0) is 55.3 Å². The van der Waals surface area contributed by atoms with Crippen molar-refractivity contribution >= 4 is 5.82 Å². The lowest BCUT2D eigenvalue weighted by Gasteiger charge is -2.05. The van der Waals surface area contributed by atoms with Crippen LogP contribution in [-0.4, -0.2) is 15.0 Å². The largest absolute Gasteiger partial charge is 0.382 e. The Morgan fingerprint density at radius 1 is 1.00 bits per heavy atom. The van der Waals surface area contributed by atoms with E-state index in [1.807, 2.05) is 25.1 Å². The van der Waals surface area contributed by atoms with E-state index < -0.39 is 0 Å². The van der Waals surface area contributed by atoms with Crippen molar-refractivity contribution in [2.45, 2.75) is 13.8 Å². The highest BCUT2D eigenvalue weighted by molar-refractivity contribution is 5.71. The number of halogens is 1. The molecule has 0 amide bonds. The summed E-state index contributed by atoms with van der Waals surface area (Å²) >= 11 is 0.